The molecule has 0 radical (unpaired) electrons. The number of nitrogens with zero attached hydrogens (tertiary/aromatic N) is 3. The number of amides is 1. The van der Waals surface area contributed by atoms with E-state index in [4.69, 9.17) is 9.84 Å². The van der Waals surface area contributed by atoms with Gasteiger partial charge in [-0.25, -0.2) is 14.8 Å². The molecular weight excluding hydrogens is 372 g/mol. The number of anilines is 1. The number of fused-ring (bicyclic) bond motifs is 1. The van der Waals surface area contributed by atoms with Gasteiger partial charge in [-0.15, -0.1) is 11.3 Å². The summed E-state index contributed by atoms with van der Waals surface area (Å²) in [6.45, 7) is 0. The average Bonchev–Trinajstić information content (AvgIpc) is 3.28. The topological polar surface area (TPSA) is 97.2 Å². The van der Waals surface area contributed by atoms with Crippen LogP contribution >= 0.6 is 22.7 Å². The number of thiazole rings is 2. The molecule has 0 saturated carbocycles. The van der Waals surface area contributed by atoms with Crippen LogP contribution in [0.5, 0.6) is 5.75 Å². The third kappa shape index (κ3) is 2.98. The first-order valence-corrected chi connectivity index (χ1v) is 9.20. The summed E-state index contributed by atoms with van der Waals surface area (Å²) in [6.07, 6.45) is 0.574. The van der Waals surface area contributed by atoms with E-state index in [0.29, 0.717) is 16.4 Å². The molecule has 0 spiro atoms. The van der Waals surface area contributed by atoms with Crippen LogP contribution in [0.2, 0.25) is 0 Å². The Morgan fingerprint density at radius 3 is 2.81 bits per heavy atom. The van der Waals surface area contributed by atoms with Crippen molar-refractivity contribution in [2.75, 3.05) is 12.4 Å². The molecule has 0 aliphatic heterocycles. The van der Waals surface area contributed by atoms with E-state index in [1.807, 2.05) is 35.7 Å². The summed E-state index contributed by atoms with van der Waals surface area (Å²) in [7, 11) is 1.56. The molecule has 4 rings (SSSR count). The number of nitrogens with one attached hydrogen (secondary N) is 1. The van der Waals surface area contributed by atoms with Crippen LogP contribution in [0.25, 0.3) is 32.2 Å². The highest BCUT2D eigenvalue weighted by molar-refractivity contribution is 7.23. The number of pyridine rings is 1. The third-order valence-corrected chi connectivity index (χ3v) is 5.47. The Kier molecular flexibility index (Phi) is 4.23. The van der Waals surface area contributed by atoms with E-state index >= 15 is 0 Å². The first-order chi connectivity index (χ1) is 12.7. The maximum Gasteiger partial charge on any atom is 0.410 e. The summed E-state index contributed by atoms with van der Waals surface area (Å²) < 4.78 is 6.16. The lowest BCUT2D eigenvalue weighted by Crippen LogP contribution is -2.06. The quantitative estimate of drug-likeness (QED) is 0.534. The molecule has 3 heterocycles. The van der Waals surface area contributed by atoms with Crippen LogP contribution in [0.15, 0.2) is 41.9 Å². The lowest BCUT2D eigenvalue weighted by molar-refractivity contribution is 0.209. The van der Waals surface area contributed by atoms with Gasteiger partial charge < -0.3 is 9.84 Å². The number of aromatic nitrogens is 3. The highest BCUT2D eigenvalue weighted by Crippen LogP contribution is 2.40. The number of hydrogen-bond acceptors (Lipinski definition) is 7. The van der Waals surface area contributed by atoms with Crippen molar-refractivity contribution >= 4 is 44.1 Å². The number of carbonyl (C=O) groups is 1. The predicted octanol–water partition coefficient (Wildman–Crippen LogP) is 4.58. The molecule has 3 aromatic heterocycles. The zero-order valence-electron chi connectivity index (χ0n) is 13.5. The van der Waals surface area contributed by atoms with Crippen LogP contribution in [-0.4, -0.2) is 33.3 Å². The fourth-order valence-electron chi connectivity index (χ4n) is 2.50. The van der Waals surface area contributed by atoms with Crippen molar-refractivity contribution in [2.24, 2.45) is 0 Å². The van der Waals surface area contributed by atoms with Crippen molar-refractivity contribution in [3.05, 3.63) is 41.9 Å². The second kappa shape index (κ2) is 6.70. The Bertz CT molecular complexity index is 1090. The second-order valence-corrected chi connectivity index (χ2v) is 7.05. The Balaban J connectivity index is 1.83. The van der Waals surface area contributed by atoms with Crippen LogP contribution < -0.4 is 10.1 Å². The van der Waals surface area contributed by atoms with Crippen LogP contribution in [0, 0.1) is 0 Å². The molecule has 0 aliphatic carbocycles. The van der Waals surface area contributed by atoms with Gasteiger partial charge in [-0.3, -0.25) is 10.3 Å². The summed E-state index contributed by atoms with van der Waals surface area (Å²) in [5.74, 6) is 0.582. The van der Waals surface area contributed by atoms with Crippen LogP contribution in [0.4, 0.5) is 9.93 Å². The second-order valence-electron chi connectivity index (χ2n) is 5.20. The molecule has 2 N–H and O–H groups in total. The fourth-order valence-corrected chi connectivity index (χ4v) is 4.29. The molecule has 26 heavy (non-hydrogen) atoms. The first-order valence-electron chi connectivity index (χ1n) is 7.50. The molecule has 0 fully saturated rings. The summed E-state index contributed by atoms with van der Waals surface area (Å²) in [5.41, 5.74) is 3.07. The minimum Gasteiger partial charge on any atom is -0.494 e. The largest absolute Gasteiger partial charge is 0.494 e. The van der Waals surface area contributed by atoms with Gasteiger partial charge in [0, 0.05) is 17.1 Å². The van der Waals surface area contributed by atoms with Crippen LogP contribution in [0.1, 0.15) is 0 Å². The molecule has 0 atom stereocenters. The Morgan fingerprint density at radius 2 is 2.08 bits per heavy atom. The van der Waals surface area contributed by atoms with Gasteiger partial charge in [0.1, 0.15) is 16.3 Å². The normalized spacial score (nSPS) is 10.8. The van der Waals surface area contributed by atoms with E-state index in [1.54, 1.807) is 13.3 Å². The van der Waals surface area contributed by atoms with Crippen LogP contribution in [0.3, 0.4) is 0 Å². The van der Waals surface area contributed by atoms with Crippen molar-refractivity contribution in [3.63, 3.8) is 0 Å². The number of carboxylic acid groups (broad SMARTS) is 1. The van der Waals surface area contributed by atoms with Crippen molar-refractivity contribution in [1.29, 1.82) is 0 Å². The van der Waals surface area contributed by atoms with Gasteiger partial charge in [0.05, 0.1) is 23.2 Å². The molecule has 4 aromatic rings. The fraction of sp³-hybridized carbons (Fsp3) is 0.0588. The molecule has 9 heteroatoms. The smallest absolute Gasteiger partial charge is 0.410 e. The standard InChI is InChI=1S/C17H12N4O3S2/c1-24-12-6-5-9(14-13(12)20-16(26-14)21-17(22)23)11-8-25-15(19-11)10-4-2-3-7-18-10/h2-8H,1H3,(H,20,21)(H,22,23). The maximum atomic E-state index is 10.9. The zero-order valence-corrected chi connectivity index (χ0v) is 15.1. The van der Waals surface area contributed by atoms with E-state index in [0.717, 1.165) is 26.7 Å². The predicted molar refractivity (Wildman–Crippen MR) is 102 cm³/mol. The summed E-state index contributed by atoms with van der Waals surface area (Å²) >= 11 is 2.75. The molecule has 7 nitrogen and oxygen atoms in total. The van der Waals surface area contributed by atoms with E-state index in [1.165, 1.54) is 22.7 Å². The van der Waals surface area contributed by atoms with E-state index in [9.17, 15) is 4.79 Å². The number of hydrogen-bond donors (Lipinski definition) is 2. The van der Waals surface area contributed by atoms with Crippen molar-refractivity contribution in [1.82, 2.24) is 15.0 Å². The molecule has 1 amide bonds. The minimum atomic E-state index is -1.16. The molecule has 0 bridgehead atoms. The van der Waals surface area contributed by atoms with Crippen molar-refractivity contribution < 1.29 is 14.6 Å². The van der Waals surface area contributed by atoms with Crippen LogP contribution in [-0.2, 0) is 0 Å². The molecule has 130 valence electrons. The lowest BCUT2D eigenvalue weighted by Gasteiger charge is -2.03. The molecule has 0 aliphatic rings. The lowest BCUT2D eigenvalue weighted by atomic mass is 10.1. The van der Waals surface area contributed by atoms with Gasteiger partial charge in [0.2, 0.25) is 0 Å². The minimum absolute atomic E-state index is 0.290. The summed E-state index contributed by atoms with van der Waals surface area (Å²) in [4.78, 5) is 24.3. The van der Waals surface area contributed by atoms with Gasteiger partial charge in [-0.1, -0.05) is 17.4 Å². The summed E-state index contributed by atoms with van der Waals surface area (Å²) in [6, 6.07) is 9.40. The highest BCUT2D eigenvalue weighted by atomic mass is 32.1. The Morgan fingerprint density at radius 1 is 1.19 bits per heavy atom. The van der Waals surface area contributed by atoms with E-state index in [-0.39, 0.29) is 0 Å². The molecule has 1 aromatic carbocycles. The zero-order chi connectivity index (χ0) is 18.1. The molecule has 0 unspecified atom stereocenters. The van der Waals surface area contributed by atoms with Gasteiger partial charge in [0.15, 0.2) is 5.13 Å². The number of methoxy groups -OCH3 is 1. The molecule has 0 saturated heterocycles. The van der Waals surface area contributed by atoms with Crippen molar-refractivity contribution in [2.45, 2.75) is 0 Å². The Hall–Kier alpha value is -3.04. The van der Waals surface area contributed by atoms with Crippen molar-refractivity contribution in [3.8, 4) is 27.7 Å². The van der Waals surface area contributed by atoms with E-state index < -0.39 is 6.09 Å². The number of ether oxygens (including phenoxy) is 1. The molecular formula is C17H12N4O3S2. The monoisotopic (exact) mass is 384 g/mol. The Labute approximate surface area is 156 Å². The third-order valence-electron chi connectivity index (χ3n) is 3.60. The number of rotatable bonds is 4. The SMILES string of the molecule is COc1ccc(-c2csc(-c3ccccn3)n2)c2sc(NC(=O)O)nc12. The maximum absolute atomic E-state index is 10.9. The van der Waals surface area contributed by atoms with Gasteiger partial charge in [0.25, 0.3) is 0 Å². The van der Waals surface area contributed by atoms with E-state index in [2.05, 4.69) is 20.3 Å². The van der Waals surface area contributed by atoms with Gasteiger partial charge >= 0.3 is 6.09 Å². The first kappa shape index (κ1) is 16.4. The average molecular weight is 384 g/mol. The van der Waals surface area contributed by atoms with Gasteiger partial charge in [-0.2, -0.15) is 0 Å². The highest BCUT2D eigenvalue weighted by Gasteiger charge is 2.17. The number of benzene rings is 1. The van der Waals surface area contributed by atoms with Gasteiger partial charge in [-0.05, 0) is 24.3 Å². The summed E-state index contributed by atoms with van der Waals surface area (Å²) in [5, 5.41) is 14.3.